The molecule has 0 radical (unpaired) electrons. The first-order valence-electron chi connectivity index (χ1n) is 6.27. The molecule has 0 N–H and O–H groups in total. The zero-order valence-electron chi connectivity index (χ0n) is 11.0. The van der Waals surface area contributed by atoms with Crippen LogP contribution in [0, 0.1) is 11.6 Å². The minimum Gasteiger partial charge on any atom is -0.545 e. The summed E-state index contributed by atoms with van der Waals surface area (Å²) in [5.74, 6) is -3.12. The summed E-state index contributed by atoms with van der Waals surface area (Å²) in [6, 6.07) is 9.77. The molecule has 110 valence electrons. The number of thiazole rings is 1. The number of aromatic carboxylic acids is 1. The highest BCUT2D eigenvalue weighted by Crippen LogP contribution is 2.29. The zero-order valence-corrected chi connectivity index (χ0v) is 11.9. The Hall–Kier alpha value is -2.60. The van der Waals surface area contributed by atoms with Crippen LogP contribution >= 0.6 is 11.3 Å². The highest BCUT2D eigenvalue weighted by atomic mass is 32.1. The fourth-order valence-corrected chi connectivity index (χ4v) is 2.80. The van der Waals surface area contributed by atoms with Gasteiger partial charge in [0.15, 0.2) is 11.6 Å². The number of rotatable bonds is 3. The summed E-state index contributed by atoms with van der Waals surface area (Å²) in [7, 11) is 0. The van der Waals surface area contributed by atoms with Crippen molar-refractivity contribution in [3.05, 3.63) is 65.0 Å². The molecule has 0 atom stereocenters. The highest BCUT2D eigenvalue weighted by Gasteiger charge is 2.10. The summed E-state index contributed by atoms with van der Waals surface area (Å²) in [6.45, 7) is 0. The van der Waals surface area contributed by atoms with Gasteiger partial charge in [0.25, 0.3) is 0 Å². The van der Waals surface area contributed by atoms with Gasteiger partial charge < -0.3 is 9.90 Å². The molecule has 1 heterocycles. The average molecular weight is 316 g/mol. The second-order valence-corrected chi connectivity index (χ2v) is 5.39. The summed E-state index contributed by atoms with van der Waals surface area (Å²) >= 11 is 1.29. The van der Waals surface area contributed by atoms with Gasteiger partial charge in [-0.15, -0.1) is 11.3 Å². The molecule has 0 amide bonds. The summed E-state index contributed by atoms with van der Waals surface area (Å²) in [5, 5.41) is 13.2. The van der Waals surface area contributed by atoms with E-state index < -0.39 is 17.6 Å². The molecule has 1 aromatic heterocycles. The van der Waals surface area contributed by atoms with Gasteiger partial charge in [-0.05, 0) is 29.8 Å². The smallest absolute Gasteiger partial charge is 0.159 e. The molecule has 0 bridgehead atoms. The molecule has 22 heavy (non-hydrogen) atoms. The first-order chi connectivity index (χ1) is 10.5. The summed E-state index contributed by atoms with van der Waals surface area (Å²) in [5.41, 5.74) is 1.64. The van der Waals surface area contributed by atoms with Crippen molar-refractivity contribution in [1.29, 1.82) is 0 Å². The van der Waals surface area contributed by atoms with Crippen LogP contribution in [0.15, 0.2) is 47.8 Å². The maximum atomic E-state index is 13.3. The molecule has 0 unspecified atom stereocenters. The number of carbonyl (C=O) groups excluding carboxylic acids is 1. The molecule has 0 spiro atoms. The normalized spacial score (nSPS) is 10.6. The van der Waals surface area contributed by atoms with Gasteiger partial charge in [0.1, 0.15) is 5.01 Å². The van der Waals surface area contributed by atoms with Gasteiger partial charge in [0.2, 0.25) is 0 Å². The highest BCUT2D eigenvalue weighted by molar-refractivity contribution is 7.13. The van der Waals surface area contributed by atoms with E-state index in [1.165, 1.54) is 29.5 Å². The molecule has 0 aliphatic carbocycles. The van der Waals surface area contributed by atoms with E-state index in [4.69, 9.17) is 0 Å². The van der Waals surface area contributed by atoms with Crippen LogP contribution in [0.5, 0.6) is 0 Å². The van der Waals surface area contributed by atoms with E-state index >= 15 is 0 Å². The van der Waals surface area contributed by atoms with Gasteiger partial charge in [-0.2, -0.15) is 0 Å². The van der Waals surface area contributed by atoms with E-state index in [2.05, 4.69) is 4.98 Å². The molecule has 0 fully saturated rings. The number of carbonyl (C=O) groups is 1. The van der Waals surface area contributed by atoms with Gasteiger partial charge in [0.05, 0.1) is 11.7 Å². The average Bonchev–Trinajstić information content (AvgIpc) is 3.00. The van der Waals surface area contributed by atoms with Crippen molar-refractivity contribution in [2.45, 2.75) is 0 Å². The maximum absolute atomic E-state index is 13.3. The van der Waals surface area contributed by atoms with E-state index in [9.17, 15) is 18.7 Å². The number of hydrogen-bond acceptors (Lipinski definition) is 4. The van der Waals surface area contributed by atoms with E-state index in [-0.39, 0.29) is 5.56 Å². The minimum atomic E-state index is -1.26. The van der Waals surface area contributed by atoms with Crippen LogP contribution in [0.1, 0.15) is 10.4 Å². The fourth-order valence-electron chi connectivity index (χ4n) is 1.97. The Bertz CT molecular complexity index is 861. The Labute approximate surface area is 128 Å². The zero-order chi connectivity index (χ0) is 15.7. The van der Waals surface area contributed by atoms with E-state index in [1.54, 1.807) is 17.5 Å². The van der Waals surface area contributed by atoms with Crippen molar-refractivity contribution in [3.63, 3.8) is 0 Å². The lowest BCUT2D eigenvalue weighted by molar-refractivity contribution is -0.255. The molecule has 0 saturated carbocycles. The molecule has 6 heteroatoms. The monoisotopic (exact) mass is 316 g/mol. The summed E-state index contributed by atoms with van der Waals surface area (Å²) in [4.78, 5) is 15.2. The SMILES string of the molecule is O=C([O-])c1cccc(-c2nc(-c3ccc(F)c(F)c3)cs2)c1. The number of benzene rings is 2. The Kier molecular flexibility index (Phi) is 3.68. The predicted molar refractivity (Wildman–Crippen MR) is 77.2 cm³/mol. The number of halogens is 2. The number of hydrogen-bond donors (Lipinski definition) is 0. The molecule has 0 aliphatic heterocycles. The lowest BCUT2D eigenvalue weighted by Gasteiger charge is -2.03. The third kappa shape index (κ3) is 2.73. The topological polar surface area (TPSA) is 53.0 Å². The summed E-state index contributed by atoms with van der Waals surface area (Å²) < 4.78 is 26.2. The summed E-state index contributed by atoms with van der Waals surface area (Å²) in [6.07, 6.45) is 0. The molecule has 3 nitrogen and oxygen atoms in total. The van der Waals surface area contributed by atoms with Crippen LogP contribution in [0.4, 0.5) is 8.78 Å². The third-order valence-electron chi connectivity index (χ3n) is 3.06. The second-order valence-electron chi connectivity index (χ2n) is 4.54. The van der Waals surface area contributed by atoms with E-state index in [0.29, 0.717) is 21.8 Å². The van der Waals surface area contributed by atoms with Gasteiger partial charge in [-0.3, -0.25) is 0 Å². The fraction of sp³-hybridized carbons (Fsp3) is 0. The first-order valence-corrected chi connectivity index (χ1v) is 7.15. The molecular formula is C16H8F2NO2S-. The van der Waals surface area contributed by atoms with Crippen molar-refractivity contribution in [2.75, 3.05) is 0 Å². The second kappa shape index (κ2) is 5.65. The van der Waals surface area contributed by atoms with Crippen LogP contribution < -0.4 is 5.11 Å². The largest absolute Gasteiger partial charge is 0.545 e. The Morgan fingerprint density at radius 1 is 1.05 bits per heavy atom. The molecular weight excluding hydrogens is 308 g/mol. The van der Waals surface area contributed by atoms with E-state index in [1.807, 2.05) is 0 Å². The van der Waals surface area contributed by atoms with Crippen LogP contribution in [0.3, 0.4) is 0 Å². The molecule has 0 aliphatic rings. The Morgan fingerprint density at radius 3 is 2.59 bits per heavy atom. The lowest BCUT2D eigenvalue weighted by Crippen LogP contribution is -2.22. The Balaban J connectivity index is 1.98. The maximum Gasteiger partial charge on any atom is 0.159 e. The van der Waals surface area contributed by atoms with Gasteiger partial charge in [-0.1, -0.05) is 18.2 Å². The van der Waals surface area contributed by atoms with Crippen LogP contribution in [-0.4, -0.2) is 11.0 Å². The third-order valence-corrected chi connectivity index (χ3v) is 3.96. The van der Waals surface area contributed by atoms with Crippen LogP contribution in [0.2, 0.25) is 0 Å². The van der Waals surface area contributed by atoms with Crippen molar-refractivity contribution in [2.24, 2.45) is 0 Å². The van der Waals surface area contributed by atoms with Gasteiger partial charge >= 0.3 is 0 Å². The number of carboxylic acids is 1. The Morgan fingerprint density at radius 2 is 1.86 bits per heavy atom. The van der Waals surface area contributed by atoms with Crippen LogP contribution in [0.25, 0.3) is 21.8 Å². The molecule has 2 aromatic carbocycles. The number of nitrogens with zero attached hydrogens (tertiary/aromatic N) is 1. The molecule has 0 saturated heterocycles. The van der Waals surface area contributed by atoms with Crippen molar-refractivity contribution >= 4 is 17.3 Å². The van der Waals surface area contributed by atoms with Crippen molar-refractivity contribution < 1.29 is 18.7 Å². The van der Waals surface area contributed by atoms with Gasteiger partial charge in [-0.25, -0.2) is 13.8 Å². The molecule has 3 rings (SSSR count). The molecule has 3 aromatic rings. The number of aromatic nitrogens is 1. The minimum absolute atomic E-state index is 0.0575. The van der Waals surface area contributed by atoms with Crippen molar-refractivity contribution in [1.82, 2.24) is 4.98 Å². The van der Waals surface area contributed by atoms with Gasteiger partial charge in [0, 0.05) is 16.5 Å². The predicted octanol–water partition coefficient (Wildman–Crippen LogP) is 3.12. The standard InChI is InChI=1S/C16H9F2NO2S/c17-12-5-4-9(7-13(12)18)14-8-22-15(19-14)10-2-1-3-11(6-10)16(20)21/h1-8H,(H,20,21)/p-1. The lowest BCUT2D eigenvalue weighted by atomic mass is 10.1. The van der Waals surface area contributed by atoms with Crippen LogP contribution in [-0.2, 0) is 0 Å². The quantitative estimate of drug-likeness (QED) is 0.746. The first kappa shape index (κ1) is 14.3. The number of carboxylic acid groups (broad SMARTS) is 1. The van der Waals surface area contributed by atoms with Crippen molar-refractivity contribution in [3.8, 4) is 21.8 Å². The van der Waals surface area contributed by atoms with E-state index in [0.717, 1.165) is 12.1 Å².